The summed E-state index contributed by atoms with van der Waals surface area (Å²) in [5.41, 5.74) is 0. The molecule has 52 heavy (non-hydrogen) atoms. The van der Waals surface area contributed by atoms with Gasteiger partial charge in [0.2, 0.25) is 0 Å². The minimum atomic E-state index is -0.0252. The Morgan fingerprint density at radius 2 is 0.750 bits per heavy atom. The molecule has 0 saturated heterocycles. The third-order valence-corrected chi connectivity index (χ3v) is 10.9. The van der Waals surface area contributed by atoms with Gasteiger partial charge in [-0.05, 0) is 84.0 Å². The summed E-state index contributed by atoms with van der Waals surface area (Å²) in [5.74, 6) is 1.00. The Morgan fingerprint density at radius 1 is 0.404 bits per heavy atom. The summed E-state index contributed by atoms with van der Waals surface area (Å²) in [7, 11) is 4.24. The minimum Gasteiger partial charge on any atom is -0.465 e. The van der Waals surface area contributed by atoms with E-state index in [1.165, 1.54) is 154 Å². The van der Waals surface area contributed by atoms with E-state index in [2.05, 4.69) is 51.6 Å². The highest BCUT2D eigenvalue weighted by molar-refractivity contribution is 5.69. The monoisotopic (exact) mass is 737 g/mol. The number of hydrogen-bond acceptors (Lipinski definition) is 6. The van der Waals surface area contributed by atoms with Gasteiger partial charge in [0.05, 0.1) is 13.2 Å². The molecule has 310 valence electrons. The Hall–Kier alpha value is -1.14. The van der Waals surface area contributed by atoms with Gasteiger partial charge in [-0.3, -0.25) is 9.59 Å². The van der Waals surface area contributed by atoms with Crippen molar-refractivity contribution in [3.63, 3.8) is 0 Å². The molecule has 2 atom stereocenters. The highest BCUT2D eigenvalue weighted by atomic mass is 16.5. The minimum absolute atomic E-state index is 0.0142. The highest BCUT2D eigenvalue weighted by Gasteiger charge is 2.15. The molecule has 0 aliphatic rings. The molecule has 0 bridgehead atoms. The predicted octanol–water partition coefficient (Wildman–Crippen LogP) is 13.0. The second-order valence-corrected chi connectivity index (χ2v) is 16.5. The number of likely N-dealkylation sites (N-methyl/N-ethyl adjacent to an activating group) is 1. The van der Waals surface area contributed by atoms with Gasteiger partial charge in [-0.1, -0.05) is 163 Å². The number of nitrogens with zero attached hydrogens (tertiary/aromatic N) is 2. The number of hydrogen-bond donors (Lipinski definition) is 0. The molecule has 0 aromatic rings. The van der Waals surface area contributed by atoms with Crippen LogP contribution in [0.3, 0.4) is 0 Å². The van der Waals surface area contributed by atoms with Crippen LogP contribution < -0.4 is 0 Å². The van der Waals surface area contributed by atoms with E-state index in [4.69, 9.17) is 9.47 Å². The molecule has 0 aromatic heterocycles. The first-order valence-electron chi connectivity index (χ1n) is 23.0. The molecule has 6 heteroatoms. The second-order valence-electron chi connectivity index (χ2n) is 16.5. The van der Waals surface area contributed by atoms with Crippen molar-refractivity contribution >= 4 is 11.9 Å². The Kier molecular flexibility index (Phi) is 38.7. The quantitative estimate of drug-likeness (QED) is 0.0460. The standard InChI is InChI=1S/C46H92N2O4/c1-7-11-15-19-21-26-33-43(31-24-17-13-9-3)41-51-45(49)35-28-23-29-37-48(40-39-47(5)6)38-30-36-46(50)52-42-44(32-25-18-14-10-4)34-27-22-20-16-12-8-2/h43-44H,7-42H2,1-6H3. The lowest BCUT2D eigenvalue weighted by Crippen LogP contribution is -2.33. The van der Waals surface area contributed by atoms with Crippen molar-refractivity contribution in [3.8, 4) is 0 Å². The molecular formula is C46H92N2O4. The van der Waals surface area contributed by atoms with Gasteiger partial charge in [0.1, 0.15) is 0 Å². The van der Waals surface area contributed by atoms with Crippen molar-refractivity contribution in [3.05, 3.63) is 0 Å². The Bertz CT molecular complexity index is 761. The normalized spacial score (nSPS) is 12.8. The van der Waals surface area contributed by atoms with Crippen LogP contribution in [0, 0.1) is 11.8 Å². The first kappa shape index (κ1) is 50.9. The molecule has 0 N–H and O–H groups in total. The van der Waals surface area contributed by atoms with E-state index in [-0.39, 0.29) is 11.9 Å². The van der Waals surface area contributed by atoms with Crippen molar-refractivity contribution in [1.29, 1.82) is 0 Å². The predicted molar refractivity (Wildman–Crippen MR) is 225 cm³/mol. The molecule has 0 fully saturated rings. The van der Waals surface area contributed by atoms with Crippen molar-refractivity contribution in [2.75, 3.05) is 53.5 Å². The van der Waals surface area contributed by atoms with Crippen LogP contribution in [-0.4, -0.2) is 75.2 Å². The summed E-state index contributed by atoms with van der Waals surface area (Å²) < 4.78 is 11.7. The molecule has 0 saturated carbocycles. The molecular weight excluding hydrogens is 645 g/mol. The van der Waals surface area contributed by atoms with E-state index < -0.39 is 0 Å². The number of carbonyl (C=O) groups excluding carboxylic acids is 2. The zero-order chi connectivity index (χ0) is 38.3. The van der Waals surface area contributed by atoms with Gasteiger partial charge in [-0.25, -0.2) is 0 Å². The van der Waals surface area contributed by atoms with Crippen LogP contribution in [0.2, 0.25) is 0 Å². The Labute approximate surface area is 325 Å². The zero-order valence-electron chi connectivity index (χ0n) is 36.1. The van der Waals surface area contributed by atoms with E-state index in [0.29, 0.717) is 37.9 Å². The molecule has 0 amide bonds. The summed E-state index contributed by atoms with van der Waals surface area (Å²) in [5, 5.41) is 0. The fourth-order valence-electron chi connectivity index (χ4n) is 7.24. The third kappa shape index (κ3) is 35.9. The lowest BCUT2D eigenvalue weighted by molar-refractivity contribution is -0.146. The SMILES string of the molecule is CCCCCCCCC(CCCCCC)COC(=O)CCCCCN(CCCC(=O)OCC(CCCCCC)CCCCCCCC)CCN(C)C. The van der Waals surface area contributed by atoms with Gasteiger partial charge in [0.25, 0.3) is 0 Å². The summed E-state index contributed by atoms with van der Waals surface area (Å²) in [4.78, 5) is 30.1. The van der Waals surface area contributed by atoms with Crippen molar-refractivity contribution < 1.29 is 19.1 Å². The lowest BCUT2D eigenvalue weighted by Gasteiger charge is -2.24. The van der Waals surface area contributed by atoms with Gasteiger partial charge < -0.3 is 19.3 Å². The van der Waals surface area contributed by atoms with Crippen molar-refractivity contribution in [2.24, 2.45) is 11.8 Å². The van der Waals surface area contributed by atoms with Crippen molar-refractivity contribution in [1.82, 2.24) is 9.80 Å². The first-order chi connectivity index (χ1) is 25.4. The van der Waals surface area contributed by atoms with E-state index in [1.807, 2.05) is 0 Å². The van der Waals surface area contributed by atoms with Gasteiger partial charge in [0, 0.05) is 25.9 Å². The molecule has 2 unspecified atom stereocenters. The maximum atomic E-state index is 12.8. The Balaban J connectivity index is 4.50. The van der Waals surface area contributed by atoms with Gasteiger partial charge in [-0.2, -0.15) is 0 Å². The number of rotatable bonds is 41. The fourth-order valence-corrected chi connectivity index (χ4v) is 7.24. The summed E-state index contributed by atoms with van der Waals surface area (Å²) in [6, 6.07) is 0. The van der Waals surface area contributed by atoms with Crippen LogP contribution in [0.15, 0.2) is 0 Å². The molecule has 0 radical (unpaired) electrons. The van der Waals surface area contributed by atoms with Gasteiger partial charge in [0.15, 0.2) is 0 Å². The van der Waals surface area contributed by atoms with Crippen LogP contribution >= 0.6 is 0 Å². The van der Waals surface area contributed by atoms with E-state index in [9.17, 15) is 9.59 Å². The Morgan fingerprint density at radius 3 is 1.17 bits per heavy atom. The summed E-state index contributed by atoms with van der Waals surface area (Å²) in [6.45, 7) is 14.2. The molecule has 0 rings (SSSR count). The van der Waals surface area contributed by atoms with Crippen LogP contribution in [0.25, 0.3) is 0 Å². The highest BCUT2D eigenvalue weighted by Crippen LogP contribution is 2.21. The van der Waals surface area contributed by atoms with Gasteiger partial charge in [-0.15, -0.1) is 0 Å². The summed E-state index contributed by atoms with van der Waals surface area (Å²) >= 11 is 0. The molecule has 6 nitrogen and oxygen atoms in total. The topological polar surface area (TPSA) is 59.1 Å². The van der Waals surface area contributed by atoms with Crippen LogP contribution in [0.1, 0.15) is 220 Å². The zero-order valence-corrected chi connectivity index (χ0v) is 36.1. The largest absolute Gasteiger partial charge is 0.465 e. The lowest BCUT2D eigenvalue weighted by atomic mass is 9.95. The smallest absolute Gasteiger partial charge is 0.305 e. The second kappa shape index (κ2) is 39.6. The van der Waals surface area contributed by atoms with Crippen molar-refractivity contribution in [2.45, 2.75) is 220 Å². The van der Waals surface area contributed by atoms with E-state index >= 15 is 0 Å². The molecule has 0 aromatic carbocycles. The average Bonchev–Trinajstić information content (AvgIpc) is 3.13. The molecule has 0 heterocycles. The maximum absolute atomic E-state index is 12.8. The third-order valence-electron chi connectivity index (χ3n) is 10.9. The summed E-state index contributed by atoms with van der Waals surface area (Å²) in [6.07, 6.45) is 35.7. The number of unbranched alkanes of at least 4 members (excludes halogenated alkanes) is 18. The van der Waals surface area contributed by atoms with E-state index in [1.54, 1.807) is 0 Å². The average molecular weight is 737 g/mol. The number of carbonyl (C=O) groups is 2. The maximum Gasteiger partial charge on any atom is 0.305 e. The molecule has 0 aliphatic heterocycles. The first-order valence-corrected chi connectivity index (χ1v) is 23.0. The van der Waals surface area contributed by atoms with Crippen LogP contribution in [0.5, 0.6) is 0 Å². The number of ether oxygens (including phenoxy) is 2. The van der Waals surface area contributed by atoms with Crippen LogP contribution in [-0.2, 0) is 19.1 Å². The molecule has 0 spiro atoms. The number of esters is 2. The fraction of sp³-hybridized carbons (Fsp3) is 0.957. The van der Waals surface area contributed by atoms with E-state index in [0.717, 1.165) is 51.9 Å². The van der Waals surface area contributed by atoms with Gasteiger partial charge >= 0.3 is 11.9 Å². The molecule has 0 aliphatic carbocycles. The van der Waals surface area contributed by atoms with Crippen LogP contribution in [0.4, 0.5) is 0 Å².